The summed E-state index contributed by atoms with van der Waals surface area (Å²) in [6.45, 7) is 0. The van der Waals surface area contributed by atoms with Gasteiger partial charge < -0.3 is 4.90 Å². The molecular weight excluding hydrogens is 222 g/mol. The zero-order chi connectivity index (χ0) is 8.27. The van der Waals surface area contributed by atoms with E-state index in [1.165, 1.54) is 5.69 Å². The van der Waals surface area contributed by atoms with Crippen molar-refractivity contribution in [2.24, 2.45) is 0 Å². The van der Waals surface area contributed by atoms with E-state index in [4.69, 9.17) is 0 Å². The molecule has 0 fully saturated rings. The average Bonchev–Trinajstić information content (AvgIpc) is 2.03. The van der Waals surface area contributed by atoms with Crippen LogP contribution in [0.4, 0.5) is 5.69 Å². The average molecular weight is 232 g/mol. The molecule has 0 N–H and O–H groups in total. The van der Waals surface area contributed by atoms with Gasteiger partial charge in [-0.3, -0.25) is 0 Å². The van der Waals surface area contributed by atoms with Gasteiger partial charge in [0.15, 0.2) is 0 Å². The topological polar surface area (TPSA) is 3.24 Å². The Kier molecular flexibility index (Phi) is 3.27. The minimum atomic E-state index is 0.733. The molecule has 0 bridgehead atoms. The first-order valence-electron chi connectivity index (χ1n) is 3.31. The number of halogens is 1. The van der Waals surface area contributed by atoms with E-state index in [1.54, 1.807) is 0 Å². The molecule has 1 aromatic carbocycles. The van der Waals surface area contributed by atoms with Gasteiger partial charge in [-0.15, -0.1) is 0 Å². The van der Waals surface area contributed by atoms with Gasteiger partial charge in [-0.05, 0) is 18.2 Å². The fourth-order valence-corrected chi connectivity index (χ4v) is 1.35. The number of anilines is 1. The van der Waals surface area contributed by atoms with Gasteiger partial charge in [0, 0.05) is 17.2 Å². The third kappa shape index (κ3) is 2.42. The van der Waals surface area contributed by atoms with Crippen molar-refractivity contribution in [2.45, 2.75) is 0 Å². The molecule has 3 heteroatoms. The monoisotopic (exact) mass is 231 g/mol. The van der Waals surface area contributed by atoms with E-state index in [1.807, 2.05) is 19.2 Å². The van der Waals surface area contributed by atoms with E-state index >= 15 is 0 Å². The molecular formula is C8H10BrNS. The van der Waals surface area contributed by atoms with Crippen molar-refractivity contribution in [3.8, 4) is 0 Å². The summed E-state index contributed by atoms with van der Waals surface area (Å²) in [7, 11) is 2.01. The molecule has 0 unspecified atom stereocenters. The van der Waals surface area contributed by atoms with Crippen molar-refractivity contribution in [3.63, 3.8) is 0 Å². The number of hydrogen-bond donors (Lipinski definition) is 1. The van der Waals surface area contributed by atoms with Crippen molar-refractivity contribution in [3.05, 3.63) is 28.7 Å². The van der Waals surface area contributed by atoms with E-state index in [9.17, 15) is 0 Å². The summed E-state index contributed by atoms with van der Waals surface area (Å²) in [5.41, 5.74) is 1.18. The number of nitrogens with zero attached hydrogens (tertiary/aromatic N) is 1. The maximum absolute atomic E-state index is 4.17. The van der Waals surface area contributed by atoms with Gasteiger partial charge in [-0.2, -0.15) is 12.6 Å². The standard InChI is InChI=1S/C8H10BrNS/c1-10(6-11)8-4-2-3-7(9)5-8/h2-5,11H,6H2,1H3. The Morgan fingerprint density at radius 3 is 2.82 bits per heavy atom. The summed E-state index contributed by atoms with van der Waals surface area (Å²) in [6.07, 6.45) is 0. The minimum Gasteiger partial charge on any atom is -0.366 e. The van der Waals surface area contributed by atoms with Crippen LogP contribution in [0.2, 0.25) is 0 Å². The van der Waals surface area contributed by atoms with E-state index in [0.29, 0.717) is 0 Å². The van der Waals surface area contributed by atoms with Crippen LogP contribution in [0.3, 0.4) is 0 Å². The summed E-state index contributed by atoms with van der Waals surface area (Å²) in [4.78, 5) is 2.06. The lowest BCUT2D eigenvalue weighted by molar-refractivity contribution is 1.10. The molecule has 0 saturated heterocycles. The second-order valence-electron chi connectivity index (χ2n) is 2.32. The Balaban J connectivity index is 2.86. The van der Waals surface area contributed by atoms with Crippen LogP contribution < -0.4 is 4.90 Å². The largest absolute Gasteiger partial charge is 0.366 e. The van der Waals surface area contributed by atoms with Crippen LogP contribution in [0.5, 0.6) is 0 Å². The fourth-order valence-electron chi connectivity index (χ4n) is 0.795. The van der Waals surface area contributed by atoms with E-state index in [2.05, 4.69) is 45.6 Å². The highest BCUT2D eigenvalue weighted by molar-refractivity contribution is 9.10. The quantitative estimate of drug-likeness (QED) is 0.606. The Morgan fingerprint density at radius 2 is 2.27 bits per heavy atom. The smallest absolute Gasteiger partial charge is 0.0606 e. The van der Waals surface area contributed by atoms with E-state index < -0.39 is 0 Å². The summed E-state index contributed by atoms with van der Waals surface area (Å²) >= 11 is 7.58. The molecule has 1 aromatic rings. The Labute approximate surface area is 80.9 Å². The second kappa shape index (κ2) is 4.02. The lowest BCUT2D eigenvalue weighted by Crippen LogP contribution is -2.13. The van der Waals surface area contributed by atoms with Crippen molar-refractivity contribution in [1.82, 2.24) is 0 Å². The lowest BCUT2D eigenvalue weighted by Gasteiger charge is -2.15. The van der Waals surface area contributed by atoms with Crippen LogP contribution in [-0.4, -0.2) is 12.9 Å². The first-order valence-corrected chi connectivity index (χ1v) is 4.74. The first kappa shape index (κ1) is 8.94. The molecule has 1 nitrogen and oxygen atoms in total. The Hall–Kier alpha value is -0.150. The maximum Gasteiger partial charge on any atom is 0.0606 e. The predicted octanol–water partition coefficient (Wildman–Crippen LogP) is 2.77. The van der Waals surface area contributed by atoms with Gasteiger partial charge in [-0.25, -0.2) is 0 Å². The summed E-state index contributed by atoms with van der Waals surface area (Å²) in [6, 6.07) is 8.15. The zero-order valence-electron chi connectivity index (χ0n) is 6.29. The molecule has 0 saturated carbocycles. The minimum absolute atomic E-state index is 0.733. The summed E-state index contributed by atoms with van der Waals surface area (Å²) in [5, 5.41) is 0. The van der Waals surface area contributed by atoms with Crippen LogP contribution in [-0.2, 0) is 0 Å². The molecule has 0 aliphatic rings. The van der Waals surface area contributed by atoms with Crippen LogP contribution >= 0.6 is 28.6 Å². The van der Waals surface area contributed by atoms with Crippen LogP contribution in [0.25, 0.3) is 0 Å². The molecule has 11 heavy (non-hydrogen) atoms. The third-order valence-corrected chi connectivity index (χ3v) is 2.38. The number of benzene rings is 1. The second-order valence-corrected chi connectivity index (χ2v) is 3.52. The number of thiol groups is 1. The van der Waals surface area contributed by atoms with Crippen molar-refractivity contribution in [1.29, 1.82) is 0 Å². The third-order valence-electron chi connectivity index (χ3n) is 1.46. The van der Waals surface area contributed by atoms with Crippen molar-refractivity contribution in [2.75, 3.05) is 17.8 Å². The predicted molar refractivity (Wildman–Crippen MR) is 56.4 cm³/mol. The van der Waals surface area contributed by atoms with Crippen LogP contribution in [0.1, 0.15) is 0 Å². The highest BCUT2D eigenvalue weighted by Gasteiger charge is 1.96. The maximum atomic E-state index is 4.17. The summed E-state index contributed by atoms with van der Waals surface area (Å²) < 4.78 is 1.10. The van der Waals surface area contributed by atoms with Crippen molar-refractivity contribution < 1.29 is 0 Å². The molecule has 0 amide bonds. The molecule has 0 heterocycles. The zero-order valence-corrected chi connectivity index (χ0v) is 8.77. The molecule has 0 aliphatic carbocycles. The molecule has 0 radical (unpaired) electrons. The molecule has 0 atom stereocenters. The lowest BCUT2D eigenvalue weighted by atomic mass is 10.3. The SMILES string of the molecule is CN(CS)c1cccc(Br)c1. The van der Waals surface area contributed by atoms with Gasteiger partial charge >= 0.3 is 0 Å². The Morgan fingerprint density at radius 1 is 1.55 bits per heavy atom. The van der Waals surface area contributed by atoms with Gasteiger partial charge in [0.2, 0.25) is 0 Å². The highest BCUT2D eigenvalue weighted by Crippen LogP contribution is 2.18. The molecule has 1 rings (SSSR count). The fraction of sp³-hybridized carbons (Fsp3) is 0.250. The summed E-state index contributed by atoms with van der Waals surface area (Å²) in [5.74, 6) is 0.733. The van der Waals surface area contributed by atoms with Crippen LogP contribution in [0, 0.1) is 0 Å². The van der Waals surface area contributed by atoms with Gasteiger partial charge in [0.05, 0.1) is 5.88 Å². The number of hydrogen-bond acceptors (Lipinski definition) is 2. The van der Waals surface area contributed by atoms with Gasteiger partial charge in [-0.1, -0.05) is 22.0 Å². The van der Waals surface area contributed by atoms with Crippen molar-refractivity contribution >= 4 is 34.2 Å². The normalized spacial score (nSPS) is 9.73. The van der Waals surface area contributed by atoms with Crippen LogP contribution in [0.15, 0.2) is 28.7 Å². The Bertz CT molecular complexity index is 239. The molecule has 0 aliphatic heterocycles. The highest BCUT2D eigenvalue weighted by atomic mass is 79.9. The van der Waals surface area contributed by atoms with Gasteiger partial charge in [0.1, 0.15) is 0 Å². The molecule has 60 valence electrons. The van der Waals surface area contributed by atoms with Gasteiger partial charge in [0.25, 0.3) is 0 Å². The molecule has 0 spiro atoms. The number of rotatable bonds is 2. The van der Waals surface area contributed by atoms with E-state index in [0.717, 1.165) is 10.3 Å². The first-order chi connectivity index (χ1) is 5.24. The van der Waals surface area contributed by atoms with E-state index in [-0.39, 0.29) is 0 Å². The molecule has 0 aromatic heterocycles.